The molecule has 1 fully saturated rings. The number of anilines is 1. The van der Waals surface area contributed by atoms with Crippen LogP contribution in [0.4, 0.5) is 14.9 Å². The Morgan fingerprint density at radius 3 is 2.42 bits per heavy atom. The average Bonchev–Trinajstić information content (AvgIpc) is 2.80. The molecule has 160 valence electrons. The predicted octanol–water partition coefficient (Wildman–Crippen LogP) is 4.58. The number of nitrogens with one attached hydrogen (secondary N) is 2. The summed E-state index contributed by atoms with van der Waals surface area (Å²) < 4.78 is 13.0. The summed E-state index contributed by atoms with van der Waals surface area (Å²) in [5.74, 6) is 0.0421. The fourth-order valence-electron chi connectivity index (χ4n) is 4.02. The quantitative estimate of drug-likeness (QED) is 0.636. The van der Waals surface area contributed by atoms with Crippen LogP contribution in [0, 0.1) is 11.7 Å². The van der Waals surface area contributed by atoms with Gasteiger partial charge in [0, 0.05) is 25.3 Å². The summed E-state index contributed by atoms with van der Waals surface area (Å²) in [4.78, 5) is 26.6. The van der Waals surface area contributed by atoms with Gasteiger partial charge in [0.15, 0.2) is 0 Å². The molecule has 0 unspecified atom stereocenters. The van der Waals surface area contributed by atoms with Gasteiger partial charge in [-0.1, -0.05) is 42.5 Å². The van der Waals surface area contributed by atoms with Crippen LogP contribution < -0.4 is 10.6 Å². The van der Waals surface area contributed by atoms with E-state index in [0.717, 1.165) is 29.2 Å². The SMILES string of the molecule is O=C(Cc1cccc2ccccc12)NCC1CCN(C(=O)Nc2ccc(F)cc2)CC1. The summed E-state index contributed by atoms with van der Waals surface area (Å²) >= 11 is 0. The Bertz CT molecular complexity index is 1050. The number of urea groups is 1. The fourth-order valence-corrected chi connectivity index (χ4v) is 4.02. The molecule has 3 aromatic carbocycles. The first kappa shape index (κ1) is 20.8. The topological polar surface area (TPSA) is 61.4 Å². The lowest BCUT2D eigenvalue weighted by Gasteiger charge is -2.32. The highest BCUT2D eigenvalue weighted by Gasteiger charge is 2.23. The van der Waals surface area contributed by atoms with Crippen LogP contribution in [0.1, 0.15) is 18.4 Å². The highest BCUT2D eigenvalue weighted by atomic mass is 19.1. The zero-order valence-electron chi connectivity index (χ0n) is 17.3. The molecular weight excluding hydrogens is 393 g/mol. The number of hydrogen-bond acceptors (Lipinski definition) is 2. The minimum atomic E-state index is -0.332. The molecule has 0 aliphatic carbocycles. The van der Waals surface area contributed by atoms with E-state index in [2.05, 4.69) is 22.8 Å². The molecular formula is C25H26FN3O2. The number of piperidine rings is 1. The van der Waals surface area contributed by atoms with Crippen molar-refractivity contribution < 1.29 is 14.0 Å². The van der Waals surface area contributed by atoms with Crippen LogP contribution in [0.5, 0.6) is 0 Å². The van der Waals surface area contributed by atoms with Crippen LogP contribution in [0.25, 0.3) is 10.8 Å². The van der Waals surface area contributed by atoms with Crippen molar-refractivity contribution in [3.05, 3.63) is 78.1 Å². The second-order valence-corrected chi connectivity index (χ2v) is 7.99. The van der Waals surface area contributed by atoms with Gasteiger partial charge in [0.25, 0.3) is 0 Å². The van der Waals surface area contributed by atoms with Crippen molar-refractivity contribution in [2.45, 2.75) is 19.3 Å². The lowest BCUT2D eigenvalue weighted by atomic mass is 9.96. The number of halogens is 1. The Morgan fingerprint density at radius 1 is 0.935 bits per heavy atom. The van der Waals surface area contributed by atoms with Crippen LogP contribution in [-0.4, -0.2) is 36.5 Å². The summed E-state index contributed by atoms with van der Waals surface area (Å²) in [6.07, 6.45) is 2.04. The summed E-state index contributed by atoms with van der Waals surface area (Å²) in [5, 5.41) is 8.11. The fraction of sp³-hybridized carbons (Fsp3) is 0.280. The number of benzene rings is 3. The van der Waals surface area contributed by atoms with Gasteiger partial charge >= 0.3 is 6.03 Å². The van der Waals surface area contributed by atoms with Crippen molar-refractivity contribution in [3.8, 4) is 0 Å². The Kier molecular flexibility index (Phi) is 6.46. The smallest absolute Gasteiger partial charge is 0.321 e. The molecule has 2 N–H and O–H groups in total. The van der Waals surface area contributed by atoms with Gasteiger partial charge in [-0.25, -0.2) is 9.18 Å². The molecule has 6 heteroatoms. The highest BCUT2D eigenvalue weighted by molar-refractivity contribution is 5.90. The third kappa shape index (κ3) is 5.40. The van der Waals surface area contributed by atoms with Gasteiger partial charge < -0.3 is 15.5 Å². The molecule has 5 nitrogen and oxygen atoms in total. The number of likely N-dealkylation sites (tertiary alicyclic amines) is 1. The average molecular weight is 420 g/mol. The van der Waals surface area contributed by atoms with Gasteiger partial charge in [0.1, 0.15) is 5.82 Å². The van der Waals surface area contributed by atoms with E-state index in [1.165, 1.54) is 12.1 Å². The van der Waals surface area contributed by atoms with E-state index in [0.29, 0.717) is 37.7 Å². The van der Waals surface area contributed by atoms with E-state index in [4.69, 9.17) is 0 Å². The van der Waals surface area contributed by atoms with E-state index in [1.807, 2.05) is 30.3 Å². The Balaban J connectivity index is 1.22. The number of rotatable bonds is 5. The molecule has 0 atom stereocenters. The van der Waals surface area contributed by atoms with Gasteiger partial charge in [-0.15, -0.1) is 0 Å². The third-order valence-corrected chi connectivity index (χ3v) is 5.82. The molecule has 1 heterocycles. The second kappa shape index (κ2) is 9.60. The first-order valence-electron chi connectivity index (χ1n) is 10.6. The number of fused-ring (bicyclic) bond motifs is 1. The Morgan fingerprint density at radius 2 is 1.65 bits per heavy atom. The van der Waals surface area contributed by atoms with E-state index in [-0.39, 0.29) is 17.8 Å². The number of carbonyl (C=O) groups excluding carboxylic acids is 2. The number of amides is 3. The van der Waals surface area contributed by atoms with Crippen molar-refractivity contribution in [3.63, 3.8) is 0 Å². The molecule has 3 aromatic rings. The van der Waals surface area contributed by atoms with Crippen LogP contribution in [0.3, 0.4) is 0 Å². The zero-order valence-corrected chi connectivity index (χ0v) is 17.3. The predicted molar refractivity (Wildman–Crippen MR) is 120 cm³/mol. The van der Waals surface area contributed by atoms with Gasteiger partial charge in [0.05, 0.1) is 6.42 Å². The van der Waals surface area contributed by atoms with Crippen LogP contribution >= 0.6 is 0 Å². The number of nitrogens with zero attached hydrogens (tertiary/aromatic N) is 1. The normalized spacial score (nSPS) is 14.4. The summed E-state index contributed by atoms with van der Waals surface area (Å²) in [6.45, 7) is 1.89. The summed E-state index contributed by atoms with van der Waals surface area (Å²) in [7, 11) is 0. The van der Waals surface area contributed by atoms with Crippen molar-refractivity contribution >= 4 is 28.4 Å². The maximum atomic E-state index is 13.0. The van der Waals surface area contributed by atoms with E-state index in [1.54, 1.807) is 17.0 Å². The molecule has 0 spiro atoms. The van der Waals surface area contributed by atoms with E-state index >= 15 is 0 Å². The molecule has 0 aromatic heterocycles. The van der Waals surface area contributed by atoms with Crippen molar-refractivity contribution in [1.29, 1.82) is 0 Å². The molecule has 3 amide bonds. The monoisotopic (exact) mass is 419 g/mol. The largest absolute Gasteiger partial charge is 0.356 e. The number of hydrogen-bond donors (Lipinski definition) is 2. The lowest BCUT2D eigenvalue weighted by Crippen LogP contribution is -2.43. The second-order valence-electron chi connectivity index (χ2n) is 7.99. The van der Waals surface area contributed by atoms with Crippen LogP contribution in [0.15, 0.2) is 66.7 Å². The molecule has 4 rings (SSSR count). The molecule has 1 saturated heterocycles. The molecule has 0 bridgehead atoms. The molecule has 0 saturated carbocycles. The standard InChI is InChI=1S/C25H26FN3O2/c26-21-8-10-22(11-9-21)28-25(31)29-14-12-18(13-15-29)17-27-24(30)16-20-6-3-5-19-4-1-2-7-23(19)20/h1-11,18H,12-17H2,(H,27,30)(H,28,31). The summed E-state index contributed by atoms with van der Waals surface area (Å²) in [6, 6.07) is 19.7. The molecule has 1 aliphatic rings. The van der Waals surface area contributed by atoms with Crippen molar-refractivity contribution in [2.75, 3.05) is 25.0 Å². The van der Waals surface area contributed by atoms with Gasteiger partial charge in [-0.2, -0.15) is 0 Å². The molecule has 0 radical (unpaired) electrons. The Labute approximate surface area is 181 Å². The van der Waals surface area contributed by atoms with Crippen molar-refractivity contribution in [2.24, 2.45) is 5.92 Å². The van der Waals surface area contributed by atoms with Crippen LogP contribution in [-0.2, 0) is 11.2 Å². The first-order chi connectivity index (χ1) is 15.1. The molecule has 31 heavy (non-hydrogen) atoms. The summed E-state index contributed by atoms with van der Waals surface area (Å²) in [5.41, 5.74) is 1.61. The lowest BCUT2D eigenvalue weighted by molar-refractivity contribution is -0.120. The van der Waals surface area contributed by atoms with Crippen molar-refractivity contribution in [1.82, 2.24) is 10.2 Å². The van der Waals surface area contributed by atoms with E-state index < -0.39 is 0 Å². The Hall–Kier alpha value is -3.41. The van der Waals surface area contributed by atoms with Crippen LogP contribution in [0.2, 0.25) is 0 Å². The minimum absolute atomic E-state index is 0.0211. The van der Waals surface area contributed by atoms with Gasteiger partial charge in [0.2, 0.25) is 5.91 Å². The van der Waals surface area contributed by atoms with Gasteiger partial charge in [-0.05, 0) is 59.4 Å². The minimum Gasteiger partial charge on any atom is -0.356 e. The zero-order chi connectivity index (χ0) is 21.6. The van der Waals surface area contributed by atoms with E-state index in [9.17, 15) is 14.0 Å². The third-order valence-electron chi connectivity index (χ3n) is 5.82. The first-order valence-corrected chi connectivity index (χ1v) is 10.6. The number of carbonyl (C=O) groups is 2. The maximum absolute atomic E-state index is 13.0. The maximum Gasteiger partial charge on any atom is 0.321 e. The van der Waals surface area contributed by atoms with Gasteiger partial charge in [-0.3, -0.25) is 4.79 Å². The molecule has 1 aliphatic heterocycles. The highest BCUT2D eigenvalue weighted by Crippen LogP contribution is 2.20.